The summed E-state index contributed by atoms with van der Waals surface area (Å²) in [6.45, 7) is 3.86. The molecule has 0 aliphatic rings. The van der Waals surface area contributed by atoms with Gasteiger partial charge >= 0.3 is 0 Å². The van der Waals surface area contributed by atoms with Crippen LogP contribution in [-0.2, 0) is 18.4 Å². The highest BCUT2D eigenvalue weighted by atomic mass is 32.2. The van der Waals surface area contributed by atoms with Crippen LogP contribution in [0.15, 0.2) is 53.5 Å². The van der Waals surface area contributed by atoms with Crippen molar-refractivity contribution in [1.82, 2.24) is 4.57 Å². The van der Waals surface area contributed by atoms with Crippen molar-refractivity contribution in [2.75, 3.05) is 10.5 Å². The zero-order valence-corrected chi connectivity index (χ0v) is 14.8. The van der Waals surface area contributed by atoms with Crippen LogP contribution in [0.25, 0.3) is 21.9 Å². The summed E-state index contributed by atoms with van der Waals surface area (Å²) in [5.41, 5.74) is 3.85. The molecule has 0 saturated heterocycles. The van der Waals surface area contributed by atoms with Gasteiger partial charge in [0.25, 0.3) is 5.56 Å². The summed E-state index contributed by atoms with van der Waals surface area (Å²) in [7, 11) is 1.76. The quantitative estimate of drug-likeness (QED) is 0.738. The van der Waals surface area contributed by atoms with Crippen LogP contribution < -0.4 is 10.3 Å². The molecule has 0 bridgehead atoms. The van der Waals surface area contributed by atoms with Crippen molar-refractivity contribution in [3.05, 3.63) is 64.6 Å². The van der Waals surface area contributed by atoms with Crippen LogP contribution in [0, 0.1) is 6.92 Å². The molecule has 1 N–H and O–H groups in total. The van der Waals surface area contributed by atoms with Gasteiger partial charge in [0.1, 0.15) is 5.75 Å². The molecule has 1 unspecified atom stereocenters. The summed E-state index contributed by atoms with van der Waals surface area (Å²) in [4.78, 5) is 12.3. The maximum Gasteiger partial charge on any atom is 0.258 e. The summed E-state index contributed by atoms with van der Waals surface area (Å²) < 4.78 is 16.5. The van der Waals surface area contributed by atoms with Crippen LogP contribution in [0.4, 0.5) is 5.69 Å². The molecule has 1 heterocycles. The predicted octanol–water partition coefficient (Wildman–Crippen LogP) is 3.61. The molecule has 3 rings (SSSR count). The van der Waals surface area contributed by atoms with E-state index in [1.807, 2.05) is 62.5 Å². The van der Waals surface area contributed by atoms with Crippen LogP contribution in [0.2, 0.25) is 0 Å². The Labute approximate surface area is 144 Å². The van der Waals surface area contributed by atoms with E-state index < -0.39 is 11.4 Å². The standard InChI is InChI=1S/C19H20N2O2S/c1-4-24(23)20-18-11-14(10-9-13(18)2)17-12-21(3)19(22)16-8-6-5-7-15(16)17/h5-12,20H,4H2,1-3H3. The summed E-state index contributed by atoms with van der Waals surface area (Å²) >= 11 is -1.09. The van der Waals surface area contributed by atoms with Crippen LogP contribution in [-0.4, -0.2) is 14.9 Å². The van der Waals surface area contributed by atoms with E-state index >= 15 is 0 Å². The highest BCUT2D eigenvalue weighted by molar-refractivity contribution is 7.92. The van der Waals surface area contributed by atoms with Crippen molar-refractivity contribution in [3.8, 4) is 11.1 Å². The second kappa shape index (κ2) is 6.71. The summed E-state index contributed by atoms with van der Waals surface area (Å²) in [6.07, 6.45) is 1.86. The van der Waals surface area contributed by atoms with Crippen molar-refractivity contribution in [2.45, 2.75) is 13.8 Å². The molecule has 0 aliphatic heterocycles. The Morgan fingerprint density at radius 3 is 2.58 bits per heavy atom. The number of fused-ring (bicyclic) bond motifs is 1. The molecule has 124 valence electrons. The van der Waals surface area contributed by atoms with Gasteiger partial charge in [0.05, 0.1) is 17.0 Å². The second-order valence-corrected chi connectivity index (χ2v) is 7.24. The molecule has 24 heavy (non-hydrogen) atoms. The Morgan fingerprint density at radius 2 is 1.88 bits per heavy atom. The van der Waals surface area contributed by atoms with E-state index in [1.54, 1.807) is 11.6 Å². The molecular formula is C19H20N2O2S. The first kappa shape index (κ1) is 16.6. The van der Waals surface area contributed by atoms with Gasteiger partial charge in [0, 0.05) is 24.2 Å². The van der Waals surface area contributed by atoms with E-state index in [0.29, 0.717) is 11.1 Å². The minimum Gasteiger partial charge on any atom is -0.593 e. The van der Waals surface area contributed by atoms with E-state index in [9.17, 15) is 9.35 Å². The first-order valence-electron chi connectivity index (χ1n) is 7.85. The van der Waals surface area contributed by atoms with Gasteiger partial charge in [-0.3, -0.25) is 4.79 Å². The van der Waals surface area contributed by atoms with Crippen LogP contribution in [0.1, 0.15) is 12.5 Å². The molecule has 0 spiro atoms. The molecule has 4 nitrogen and oxygen atoms in total. The monoisotopic (exact) mass is 340 g/mol. The van der Waals surface area contributed by atoms with Gasteiger partial charge in [-0.15, -0.1) is 0 Å². The maximum atomic E-state index is 12.3. The molecule has 0 aliphatic carbocycles. The van der Waals surface area contributed by atoms with Gasteiger partial charge in [0.15, 0.2) is 0 Å². The van der Waals surface area contributed by atoms with E-state index in [4.69, 9.17) is 0 Å². The first-order chi connectivity index (χ1) is 11.5. The third-order valence-electron chi connectivity index (χ3n) is 4.13. The van der Waals surface area contributed by atoms with Crippen molar-refractivity contribution >= 4 is 27.8 Å². The van der Waals surface area contributed by atoms with Crippen molar-refractivity contribution in [2.24, 2.45) is 7.05 Å². The Kier molecular flexibility index (Phi) is 4.64. The van der Waals surface area contributed by atoms with Crippen molar-refractivity contribution in [3.63, 3.8) is 0 Å². The van der Waals surface area contributed by atoms with Gasteiger partial charge < -0.3 is 9.12 Å². The minimum atomic E-state index is -1.09. The number of aryl methyl sites for hydroxylation is 2. The first-order valence-corrected chi connectivity index (χ1v) is 9.17. The largest absolute Gasteiger partial charge is 0.593 e. The third kappa shape index (κ3) is 3.05. The molecule has 0 fully saturated rings. The number of aromatic nitrogens is 1. The Morgan fingerprint density at radius 1 is 1.17 bits per heavy atom. The zero-order chi connectivity index (χ0) is 17.3. The molecule has 5 heteroatoms. The third-order valence-corrected chi connectivity index (χ3v) is 5.10. The van der Waals surface area contributed by atoms with Gasteiger partial charge in [-0.05, 0) is 42.5 Å². The van der Waals surface area contributed by atoms with E-state index in [0.717, 1.165) is 27.8 Å². The van der Waals surface area contributed by atoms with E-state index in [1.165, 1.54) is 0 Å². The highest BCUT2D eigenvalue weighted by Crippen LogP contribution is 2.30. The fraction of sp³-hybridized carbons (Fsp3) is 0.211. The number of hydrogen-bond acceptors (Lipinski definition) is 3. The van der Waals surface area contributed by atoms with Crippen LogP contribution in [0.5, 0.6) is 0 Å². The fourth-order valence-corrected chi connectivity index (χ4v) is 3.35. The number of nitrogens with one attached hydrogen (secondary N) is 1. The number of hydrogen-bond donors (Lipinski definition) is 1. The smallest absolute Gasteiger partial charge is 0.258 e. The Hall–Kier alpha value is -2.24. The summed E-state index contributed by atoms with van der Waals surface area (Å²) in [5, 5.41) is 1.62. The maximum absolute atomic E-state index is 12.3. The SMILES string of the molecule is CC[S+]([O-])Nc1cc(-c2cn(C)c(=O)c3ccccc23)ccc1C. The number of rotatable bonds is 4. The zero-order valence-electron chi connectivity index (χ0n) is 14.0. The molecule has 1 aromatic heterocycles. The number of benzene rings is 2. The molecule has 0 amide bonds. The average molecular weight is 340 g/mol. The van der Waals surface area contributed by atoms with E-state index in [-0.39, 0.29) is 5.56 Å². The topological polar surface area (TPSA) is 57.1 Å². The van der Waals surface area contributed by atoms with Crippen LogP contribution >= 0.6 is 0 Å². The molecule has 0 saturated carbocycles. The summed E-state index contributed by atoms with van der Waals surface area (Å²) in [6, 6.07) is 13.6. The van der Waals surface area contributed by atoms with Gasteiger partial charge in [-0.2, -0.15) is 0 Å². The average Bonchev–Trinajstić information content (AvgIpc) is 2.60. The fourth-order valence-electron chi connectivity index (χ4n) is 2.74. The van der Waals surface area contributed by atoms with Crippen LogP contribution in [0.3, 0.4) is 0 Å². The lowest BCUT2D eigenvalue weighted by Crippen LogP contribution is -2.17. The molecule has 3 aromatic rings. The molecular weight excluding hydrogens is 320 g/mol. The number of anilines is 1. The van der Waals surface area contributed by atoms with Crippen molar-refractivity contribution in [1.29, 1.82) is 0 Å². The van der Waals surface area contributed by atoms with Gasteiger partial charge in [0.2, 0.25) is 0 Å². The Balaban J connectivity index is 2.20. The molecule has 2 aromatic carbocycles. The second-order valence-electron chi connectivity index (χ2n) is 5.77. The van der Waals surface area contributed by atoms with Crippen molar-refractivity contribution < 1.29 is 4.55 Å². The van der Waals surface area contributed by atoms with Gasteiger partial charge in [-0.1, -0.05) is 30.3 Å². The number of nitrogens with zero attached hydrogens (tertiary/aromatic N) is 1. The number of pyridine rings is 1. The lowest BCUT2D eigenvalue weighted by atomic mass is 9.99. The Bertz CT molecular complexity index is 950. The lowest BCUT2D eigenvalue weighted by molar-refractivity contribution is 0.601. The normalized spacial score (nSPS) is 12.3. The minimum absolute atomic E-state index is 0.00750. The predicted molar refractivity (Wildman–Crippen MR) is 102 cm³/mol. The molecule has 0 radical (unpaired) electrons. The van der Waals surface area contributed by atoms with Gasteiger partial charge in [-0.25, -0.2) is 4.72 Å². The highest BCUT2D eigenvalue weighted by Gasteiger charge is 2.12. The van der Waals surface area contributed by atoms with E-state index in [2.05, 4.69) is 4.72 Å². The molecule has 1 atom stereocenters. The lowest BCUT2D eigenvalue weighted by Gasteiger charge is -2.15. The summed E-state index contributed by atoms with van der Waals surface area (Å²) in [5.74, 6) is 0.548.